The molecular formula is C21H25F2N7. The van der Waals surface area contributed by atoms with Crippen LogP contribution < -0.4 is 16.0 Å². The summed E-state index contributed by atoms with van der Waals surface area (Å²) in [4.78, 5) is 8.98. The topological polar surface area (TPSA) is 83.2 Å². The molecule has 0 radical (unpaired) electrons. The SMILES string of the molecule is Cc1nnc(N[C@H](N)c2cccc(F)c2F)c2cc(N3CC(C)(N(C)C)C3)ncc12. The highest BCUT2D eigenvalue weighted by molar-refractivity contribution is 5.94. The van der Waals surface area contributed by atoms with Gasteiger partial charge in [-0.15, -0.1) is 5.10 Å². The Labute approximate surface area is 173 Å². The molecule has 7 nitrogen and oxygen atoms in total. The molecule has 1 aliphatic rings. The summed E-state index contributed by atoms with van der Waals surface area (Å²) in [6.07, 6.45) is 0.776. The van der Waals surface area contributed by atoms with Gasteiger partial charge in [0.1, 0.15) is 12.0 Å². The third kappa shape index (κ3) is 3.44. The van der Waals surface area contributed by atoms with E-state index in [0.29, 0.717) is 5.82 Å². The van der Waals surface area contributed by atoms with E-state index in [2.05, 4.69) is 51.3 Å². The maximum absolute atomic E-state index is 14.1. The summed E-state index contributed by atoms with van der Waals surface area (Å²) in [6, 6.07) is 5.85. The van der Waals surface area contributed by atoms with Crippen molar-refractivity contribution in [1.82, 2.24) is 20.1 Å². The van der Waals surface area contributed by atoms with Gasteiger partial charge in [-0.1, -0.05) is 12.1 Å². The molecule has 0 unspecified atom stereocenters. The monoisotopic (exact) mass is 413 g/mol. The number of fused-ring (bicyclic) bond motifs is 1. The molecule has 3 N–H and O–H groups in total. The Kier molecular flexibility index (Phi) is 5.03. The lowest BCUT2D eigenvalue weighted by molar-refractivity contribution is 0.132. The van der Waals surface area contributed by atoms with Gasteiger partial charge in [0.05, 0.1) is 11.2 Å². The minimum Gasteiger partial charge on any atom is -0.353 e. The highest BCUT2D eigenvalue weighted by atomic mass is 19.2. The fraction of sp³-hybridized carbons (Fsp3) is 0.381. The average Bonchev–Trinajstić information content (AvgIpc) is 2.69. The molecule has 1 aliphatic heterocycles. The number of halogens is 2. The number of rotatable bonds is 5. The molecule has 3 heterocycles. The van der Waals surface area contributed by atoms with Crippen LogP contribution in [0, 0.1) is 18.6 Å². The Morgan fingerprint density at radius 1 is 1.20 bits per heavy atom. The number of benzene rings is 1. The van der Waals surface area contributed by atoms with Crippen molar-refractivity contribution < 1.29 is 8.78 Å². The van der Waals surface area contributed by atoms with Gasteiger partial charge in [-0.25, -0.2) is 13.8 Å². The predicted molar refractivity (Wildman–Crippen MR) is 113 cm³/mol. The molecular weight excluding hydrogens is 388 g/mol. The summed E-state index contributed by atoms with van der Waals surface area (Å²) in [6.45, 7) is 5.76. The van der Waals surface area contributed by atoms with E-state index < -0.39 is 17.8 Å². The number of hydrogen-bond acceptors (Lipinski definition) is 7. The highest BCUT2D eigenvalue weighted by Crippen LogP contribution is 2.33. The van der Waals surface area contributed by atoms with Crippen molar-refractivity contribution in [2.75, 3.05) is 37.4 Å². The van der Waals surface area contributed by atoms with E-state index in [4.69, 9.17) is 5.73 Å². The zero-order valence-corrected chi connectivity index (χ0v) is 17.4. The number of likely N-dealkylation sites (N-methyl/N-ethyl adjacent to an activating group) is 1. The zero-order valence-electron chi connectivity index (χ0n) is 17.4. The minimum atomic E-state index is -0.987. The molecule has 1 saturated heterocycles. The van der Waals surface area contributed by atoms with Crippen molar-refractivity contribution in [3.63, 3.8) is 0 Å². The number of anilines is 2. The van der Waals surface area contributed by atoms with Crippen molar-refractivity contribution in [3.8, 4) is 0 Å². The molecule has 1 fully saturated rings. The van der Waals surface area contributed by atoms with E-state index >= 15 is 0 Å². The number of nitrogens with two attached hydrogens (primary N) is 1. The Bertz CT molecular complexity index is 1100. The summed E-state index contributed by atoms with van der Waals surface area (Å²) >= 11 is 0. The first-order valence-corrected chi connectivity index (χ1v) is 9.71. The first-order valence-electron chi connectivity index (χ1n) is 9.71. The van der Waals surface area contributed by atoms with E-state index in [9.17, 15) is 8.78 Å². The molecule has 30 heavy (non-hydrogen) atoms. The number of hydrogen-bond donors (Lipinski definition) is 2. The summed E-state index contributed by atoms with van der Waals surface area (Å²) in [5, 5.41) is 12.9. The van der Waals surface area contributed by atoms with Crippen molar-refractivity contribution in [2.45, 2.75) is 25.6 Å². The predicted octanol–water partition coefficient (Wildman–Crippen LogP) is 2.82. The lowest BCUT2D eigenvalue weighted by Crippen LogP contribution is -2.67. The van der Waals surface area contributed by atoms with Gasteiger partial charge in [-0.2, -0.15) is 5.10 Å². The van der Waals surface area contributed by atoms with E-state index in [-0.39, 0.29) is 11.1 Å². The largest absolute Gasteiger partial charge is 0.353 e. The van der Waals surface area contributed by atoms with Crippen LogP contribution in [0.4, 0.5) is 20.4 Å². The number of pyridine rings is 1. The van der Waals surface area contributed by atoms with Gasteiger partial charge in [0.25, 0.3) is 0 Å². The van der Waals surface area contributed by atoms with E-state index in [1.165, 1.54) is 12.1 Å². The van der Waals surface area contributed by atoms with Crippen molar-refractivity contribution in [2.24, 2.45) is 5.73 Å². The molecule has 4 rings (SSSR count). The summed E-state index contributed by atoms with van der Waals surface area (Å²) in [5.74, 6) is -0.709. The molecule has 3 aromatic rings. The normalized spacial score (nSPS) is 16.6. The average molecular weight is 413 g/mol. The van der Waals surface area contributed by atoms with Crippen molar-refractivity contribution >= 4 is 22.4 Å². The van der Waals surface area contributed by atoms with Crippen LogP contribution in [-0.4, -0.2) is 52.8 Å². The van der Waals surface area contributed by atoms with Crippen LogP contribution in [-0.2, 0) is 0 Å². The highest BCUT2D eigenvalue weighted by Gasteiger charge is 2.41. The van der Waals surface area contributed by atoms with Crippen molar-refractivity contribution in [1.29, 1.82) is 0 Å². The molecule has 1 aromatic carbocycles. The lowest BCUT2D eigenvalue weighted by Gasteiger charge is -2.52. The van der Waals surface area contributed by atoms with E-state index in [0.717, 1.165) is 41.4 Å². The van der Waals surface area contributed by atoms with E-state index in [1.807, 2.05) is 13.0 Å². The Morgan fingerprint density at radius 3 is 2.63 bits per heavy atom. The standard InChI is InChI=1S/C21H25F2N7/c1-12-15-9-25-17(30-10-21(2,11-30)29(3)4)8-14(15)20(28-27-12)26-19(24)13-6-5-7-16(22)18(13)23/h5-9,19H,10-11,24H2,1-4H3,(H,26,28)/t19-/m0/s1. The fourth-order valence-electron chi connectivity index (χ4n) is 3.65. The Balaban J connectivity index is 1.67. The number of nitrogens with zero attached hydrogens (tertiary/aromatic N) is 5. The van der Waals surface area contributed by atoms with Crippen LogP contribution in [0.25, 0.3) is 10.8 Å². The van der Waals surface area contributed by atoms with Crippen LogP contribution in [0.5, 0.6) is 0 Å². The third-order valence-electron chi connectivity index (χ3n) is 5.91. The Morgan fingerprint density at radius 2 is 1.93 bits per heavy atom. The zero-order chi connectivity index (χ0) is 21.6. The third-order valence-corrected chi connectivity index (χ3v) is 5.91. The van der Waals surface area contributed by atoms with Crippen LogP contribution in [0.2, 0.25) is 0 Å². The molecule has 9 heteroatoms. The molecule has 0 bridgehead atoms. The molecule has 0 spiro atoms. The first-order chi connectivity index (χ1) is 14.2. The van der Waals surface area contributed by atoms with Crippen molar-refractivity contribution in [3.05, 3.63) is 53.4 Å². The Hall–Kier alpha value is -2.91. The first kappa shape index (κ1) is 20.4. The van der Waals surface area contributed by atoms with Gasteiger partial charge >= 0.3 is 0 Å². The van der Waals surface area contributed by atoms with Crippen LogP contribution >= 0.6 is 0 Å². The molecule has 2 aromatic heterocycles. The number of nitrogens with one attached hydrogen (secondary N) is 1. The maximum Gasteiger partial charge on any atom is 0.165 e. The van der Waals surface area contributed by atoms with Gasteiger partial charge in [-0.05, 0) is 40.1 Å². The van der Waals surface area contributed by atoms with Gasteiger partial charge in [0.2, 0.25) is 0 Å². The lowest BCUT2D eigenvalue weighted by atomic mass is 9.91. The second-order valence-electron chi connectivity index (χ2n) is 8.23. The van der Waals surface area contributed by atoms with Gasteiger partial charge in [-0.3, -0.25) is 0 Å². The van der Waals surface area contributed by atoms with E-state index in [1.54, 1.807) is 6.20 Å². The molecule has 1 atom stereocenters. The second-order valence-corrected chi connectivity index (χ2v) is 8.23. The van der Waals surface area contributed by atoms with Gasteiger partial charge in [0.15, 0.2) is 17.5 Å². The number of aryl methyl sites for hydroxylation is 1. The summed E-state index contributed by atoms with van der Waals surface area (Å²) < 4.78 is 27.7. The fourth-order valence-corrected chi connectivity index (χ4v) is 3.65. The van der Waals surface area contributed by atoms with Crippen LogP contribution in [0.3, 0.4) is 0 Å². The second kappa shape index (κ2) is 7.41. The molecule has 0 amide bonds. The molecule has 0 aliphatic carbocycles. The smallest absolute Gasteiger partial charge is 0.165 e. The number of aromatic nitrogens is 3. The molecule has 158 valence electrons. The van der Waals surface area contributed by atoms with Gasteiger partial charge < -0.3 is 20.9 Å². The summed E-state index contributed by atoms with van der Waals surface area (Å²) in [7, 11) is 4.14. The quantitative estimate of drug-likeness (QED) is 0.623. The minimum absolute atomic E-state index is 0.0179. The molecule has 0 saturated carbocycles. The van der Waals surface area contributed by atoms with Crippen LogP contribution in [0.15, 0.2) is 30.5 Å². The van der Waals surface area contributed by atoms with Crippen LogP contribution in [0.1, 0.15) is 24.3 Å². The summed E-state index contributed by atoms with van der Waals surface area (Å²) in [5.41, 5.74) is 6.95. The maximum atomic E-state index is 14.1. The van der Waals surface area contributed by atoms with Gasteiger partial charge in [0, 0.05) is 35.6 Å².